The van der Waals surface area contributed by atoms with E-state index in [1.54, 1.807) is 6.92 Å². The van der Waals surface area contributed by atoms with E-state index in [0.29, 0.717) is 41.8 Å². The number of carbonyl (C=O) groups excluding carboxylic acids is 1. The summed E-state index contributed by atoms with van der Waals surface area (Å²) < 4.78 is 120. The molecular weight excluding hydrogens is 603 g/mol. The van der Waals surface area contributed by atoms with E-state index >= 15 is 0 Å². The van der Waals surface area contributed by atoms with E-state index in [0.717, 1.165) is 4.90 Å². The van der Waals surface area contributed by atoms with Crippen LogP contribution in [0.4, 0.5) is 42.2 Å². The molecule has 232 valence electrons. The number of carbonyl (C=O) groups is 1. The van der Waals surface area contributed by atoms with Crippen LogP contribution in [0.15, 0.2) is 48.7 Å². The Hall–Kier alpha value is -3.68. The van der Waals surface area contributed by atoms with E-state index in [2.05, 4.69) is 4.98 Å². The fourth-order valence-corrected chi connectivity index (χ4v) is 6.45. The zero-order valence-electron chi connectivity index (χ0n) is 23.6. The van der Waals surface area contributed by atoms with Gasteiger partial charge in [0.05, 0.1) is 34.2 Å². The Morgan fingerprint density at radius 1 is 0.907 bits per heavy atom. The minimum Gasteiger partial charge on any atom is -0.342 e. The molecule has 0 saturated carbocycles. The van der Waals surface area contributed by atoms with Gasteiger partial charge in [-0.3, -0.25) is 4.79 Å². The second kappa shape index (κ2) is 11.1. The number of amides is 1. The summed E-state index contributed by atoms with van der Waals surface area (Å²) in [5, 5.41) is 0. The van der Waals surface area contributed by atoms with E-state index in [9.17, 15) is 43.9 Å². The van der Waals surface area contributed by atoms with Gasteiger partial charge >= 0.3 is 12.4 Å². The molecule has 0 unspecified atom stereocenters. The number of aromatic nitrogens is 1. The number of likely N-dealkylation sites (N-methyl/N-ethyl adjacent to an activating group) is 1. The summed E-state index contributed by atoms with van der Waals surface area (Å²) in [5.41, 5.74) is -4.12. The maximum Gasteiger partial charge on any atom is 0.416 e. The highest BCUT2D eigenvalue weighted by Gasteiger charge is 2.41. The number of rotatable bonds is 5. The predicted octanol–water partition coefficient (Wildman–Crippen LogP) is 6.76. The molecule has 0 spiro atoms. The van der Waals surface area contributed by atoms with Crippen molar-refractivity contribution >= 4 is 27.2 Å². The van der Waals surface area contributed by atoms with Gasteiger partial charge in [-0.2, -0.15) is 26.3 Å². The van der Waals surface area contributed by atoms with E-state index in [-0.39, 0.29) is 29.2 Å². The number of benzene rings is 2. The van der Waals surface area contributed by atoms with Crippen LogP contribution in [0.5, 0.6) is 0 Å². The second-order valence-corrected chi connectivity index (χ2v) is 13.1. The molecule has 6 nitrogen and oxygen atoms in total. The van der Waals surface area contributed by atoms with E-state index in [1.807, 2.05) is 0 Å². The number of hydrogen-bond acceptors (Lipinski definition) is 5. The molecule has 43 heavy (non-hydrogen) atoms. The highest BCUT2D eigenvalue weighted by Crippen LogP contribution is 2.41. The van der Waals surface area contributed by atoms with Gasteiger partial charge in [-0.1, -0.05) is 6.07 Å². The summed E-state index contributed by atoms with van der Waals surface area (Å²) in [4.78, 5) is 20.8. The average molecular weight is 632 g/mol. The van der Waals surface area contributed by atoms with Crippen molar-refractivity contribution in [2.75, 3.05) is 35.0 Å². The smallest absolute Gasteiger partial charge is 0.342 e. The van der Waals surface area contributed by atoms with Gasteiger partial charge in [0.15, 0.2) is 9.84 Å². The first-order chi connectivity index (χ1) is 19.7. The minimum absolute atomic E-state index is 0.00732. The lowest BCUT2D eigenvalue weighted by Crippen LogP contribution is -2.42. The molecule has 3 aromatic rings. The van der Waals surface area contributed by atoms with Gasteiger partial charge in [-0.05, 0) is 80.3 Å². The molecule has 1 aliphatic rings. The maximum atomic E-state index is 14.0. The third-order valence-corrected chi connectivity index (χ3v) is 9.03. The zero-order chi connectivity index (χ0) is 32.1. The van der Waals surface area contributed by atoms with Crippen molar-refractivity contribution in [1.29, 1.82) is 0 Å². The molecule has 1 aliphatic heterocycles. The van der Waals surface area contributed by atoms with Crippen LogP contribution in [-0.4, -0.2) is 44.5 Å². The lowest BCUT2D eigenvalue weighted by atomic mass is 9.81. The van der Waals surface area contributed by atoms with Crippen molar-refractivity contribution < 1.29 is 43.9 Å². The van der Waals surface area contributed by atoms with Crippen molar-refractivity contribution in [3.05, 3.63) is 76.7 Å². The van der Waals surface area contributed by atoms with E-state index < -0.39 is 56.0 Å². The number of halogens is 7. The molecule has 0 N–H and O–H groups in total. The topological polar surface area (TPSA) is 70.6 Å². The third kappa shape index (κ3) is 6.78. The quantitative estimate of drug-likeness (QED) is 0.291. The van der Waals surface area contributed by atoms with Crippen molar-refractivity contribution in [3.63, 3.8) is 0 Å². The average Bonchev–Trinajstić information content (AvgIpc) is 2.90. The lowest BCUT2D eigenvalue weighted by Gasteiger charge is -2.33. The van der Waals surface area contributed by atoms with Gasteiger partial charge in [0.1, 0.15) is 17.5 Å². The molecule has 14 heteroatoms. The number of nitrogens with zero attached hydrogens (tertiary/aromatic N) is 3. The number of sulfone groups is 1. The highest BCUT2D eigenvalue weighted by molar-refractivity contribution is 7.91. The van der Waals surface area contributed by atoms with Crippen LogP contribution in [0.1, 0.15) is 42.5 Å². The number of hydrogen-bond donors (Lipinski definition) is 0. The van der Waals surface area contributed by atoms with Gasteiger partial charge in [-0.15, -0.1) is 0 Å². The van der Waals surface area contributed by atoms with Gasteiger partial charge in [0.2, 0.25) is 5.91 Å². The first kappa shape index (κ1) is 32.2. The van der Waals surface area contributed by atoms with Crippen LogP contribution in [0.2, 0.25) is 0 Å². The van der Waals surface area contributed by atoms with Crippen molar-refractivity contribution in [2.45, 2.75) is 45.0 Å². The summed E-state index contributed by atoms with van der Waals surface area (Å²) in [6, 6.07) is 6.44. The summed E-state index contributed by atoms with van der Waals surface area (Å²) in [6.07, 6.45) is -8.57. The molecule has 0 bridgehead atoms. The standard InChI is InChI=1S/C29H28F7N3O3S/c1-17-10-21(30)6-7-22(17)23-14-25(39-8-5-9-43(41,42)16-39)37-15-24(23)38(4)26(40)27(2,3)18-11-19(28(31,32)33)13-20(12-18)29(34,35)36/h6-7,10-15H,5,8-9,16H2,1-4H3. The predicted molar refractivity (Wildman–Crippen MR) is 148 cm³/mol. The van der Waals surface area contributed by atoms with Crippen LogP contribution in [0, 0.1) is 12.7 Å². The Morgan fingerprint density at radius 2 is 1.49 bits per heavy atom. The van der Waals surface area contributed by atoms with Crippen LogP contribution < -0.4 is 9.80 Å². The van der Waals surface area contributed by atoms with Crippen molar-refractivity contribution in [2.24, 2.45) is 0 Å². The number of alkyl halides is 6. The number of anilines is 2. The van der Waals surface area contributed by atoms with Gasteiger partial charge < -0.3 is 9.80 Å². The molecule has 0 radical (unpaired) electrons. The second-order valence-electron chi connectivity index (χ2n) is 11.0. The highest BCUT2D eigenvalue weighted by atomic mass is 32.2. The molecule has 1 amide bonds. The van der Waals surface area contributed by atoms with E-state index in [1.165, 1.54) is 56.3 Å². The molecule has 1 fully saturated rings. The first-order valence-corrected chi connectivity index (χ1v) is 14.8. The van der Waals surface area contributed by atoms with Crippen molar-refractivity contribution in [3.8, 4) is 11.1 Å². The van der Waals surface area contributed by atoms with Crippen LogP contribution in [-0.2, 0) is 32.4 Å². The zero-order valence-corrected chi connectivity index (χ0v) is 24.4. The number of pyridine rings is 1. The third-order valence-electron chi connectivity index (χ3n) is 7.42. The maximum absolute atomic E-state index is 14.0. The Balaban J connectivity index is 1.83. The molecule has 2 aromatic carbocycles. The summed E-state index contributed by atoms with van der Waals surface area (Å²) in [5.74, 6) is -1.40. The van der Waals surface area contributed by atoms with Gasteiger partial charge in [0, 0.05) is 19.2 Å². The first-order valence-electron chi connectivity index (χ1n) is 13.0. The largest absolute Gasteiger partial charge is 0.416 e. The van der Waals surface area contributed by atoms with Crippen LogP contribution in [0.25, 0.3) is 11.1 Å². The Bertz CT molecular complexity index is 1640. The molecule has 2 heterocycles. The molecular formula is C29H28F7N3O3S. The summed E-state index contributed by atoms with van der Waals surface area (Å²) in [6.45, 7) is 4.42. The van der Waals surface area contributed by atoms with Gasteiger partial charge in [-0.25, -0.2) is 17.8 Å². The Labute approximate surface area is 244 Å². The summed E-state index contributed by atoms with van der Waals surface area (Å²) in [7, 11) is -2.08. The Kier molecular flexibility index (Phi) is 8.33. The molecule has 1 aromatic heterocycles. The molecule has 1 saturated heterocycles. The minimum atomic E-state index is -5.10. The van der Waals surface area contributed by atoms with Crippen LogP contribution in [0.3, 0.4) is 0 Å². The SMILES string of the molecule is Cc1cc(F)ccc1-c1cc(N2CCCS(=O)(=O)C2)ncc1N(C)C(=O)C(C)(C)c1cc(C(F)(F)F)cc(C(F)(F)F)c1. The normalized spacial score (nSPS) is 15.8. The fourth-order valence-electron chi connectivity index (χ4n) is 5.01. The van der Waals surface area contributed by atoms with Crippen molar-refractivity contribution in [1.82, 2.24) is 4.98 Å². The summed E-state index contributed by atoms with van der Waals surface area (Å²) >= 11 is 0. The molecule has 0 atom stereocenters. The Morgan fingerprint density at radius 3 is 2.02 bits per heavy atom. The molecule has 0 aliphatic carbocycles. The monoisotopic (exact) mass is 631 g/mol. The lowest BCUT2D eigenvalue weighted by molar-refractivity contribution is -0.143. The van der Waals surface area contributed by atoms with E-state index in [4.69, 9.17) is 0 Å². The fraction of sp³-hybridized carbons (Fsp3) is 0.379. The van der Waals surface area contributed by atoms with Crippen LogP contribution >= 0.6 is 0 Å². The molecule has 4 rings (SSSR count). The number of aryl methyl sites for hydroxylation is 1. The van der Waals surface area contributed by atoms with Gasteiger partial charge in [0.25, 0.3) is 0 Å².